The fourth-order valence-electron chi connectivity index (χ4n) is 1.68. The van der Waals surface area contributed by atoms with Crippen molar-refractivity contribution in [3.8, 4) is 0 Å². The van der Waals surface area contributed by atoms with Gasteiger partial charge in [-0.2, -0.15) is 8.42 Å². The Kier molecular flexibility index (Phi) is 5.90. The zero-order valence-electron chi connectivity index (χ0n) is 11.4. The van der Waals surface area contributed by atoms with Gasteiger partial charge >= 0.3 is 0 Å². The first-order valence-electron chi connectivity index (χ1n) is 6.02. The number of aliphatic hydroxyl groups excluding tert-OH is 2. The minimum Gasteiger partial charge on any atom is -0.394 e. The maximum Gasteiger partial charge on any atom is 0.294 e. The number of nitrogens with zero attached hydrogens (tertiary/aromatic N) is 1. The largest absolute Gasteiger partial charge is 0.394 e. The molecule has 20 heavy (non-hydrogen) atoms. The van der Waals surface area contributed by atoms with Crippen LogP contribution in [0.4, 0.5) is 5.69 Å². The lowest BCUT2D eigenvalue weighted by Gasteiger charge is -2.15. The van der Waals surface area contributed by atoms with E-state index in [0.29, 0.717) is 17.8 Å². The van der Waals surface area contributed by atoms with Gasteiger partial charge in [-0.3, -0.25) is 4.55 Å². The Balaban J connectivity index is 3.02. The number of aliphatic hydroxyl groups is 2. The fourth-order valence-corrected chi connectivity index (χ4v) is 2.42. The molecule has 0 aliphatic carbocycles. The second-order valence-electron chi connectivity index (χ2n) is 4.75. The zero-order valence-corrected chi connectivity index (χ0v) is 12.3. The summed E-state index contributed by atoms with van der Waals surface area (Å²) in [7, 11) is -0.746. The quantitative estimate of drug-likeness (QED) is 0.515. The highest BCUT2D eigenvalue weighted by atomic mass is 32.2. The average Bonchev–Trinajstić information content (AvgIpc) is 2.35. The van der Waals surface area contributed by atoms with Gasteiger partial charge in [0.15, 0.2) is 0 Å². The summed E-state index contributed by atoms with van der Waals surface area (Å²) in [6, 6.07) is 4.55. The van der Waals surface area contributed by atoms with E-state index in [1.807, 2.05) is 0 Å². The molecule has 0 heterocycles. The van der Waals surface area contributed by atoms with Gasteiger partial charge in [-0.1, -0.05) is 6.07 Å². The summed E-state index contributed by atoms with van der Waals surface area (Å²) >= 11 is 0. The van der Waals surface area contributed by atoms with Crippen molar-refractivity contribution in [1.29, 1.82) is 0 Å². The lowest BCUT2D eigenvalue weighted by Crippen LogP contribution is -2.23. The molecular formula is C12H20N2O5S. The van der Waals surface area contributed by atoms with Gasteiger partial charge < -0.3 is 20.4 Å². The fraction of sp³-hybridized carbons (Fsp3) is 0.500. The van der Waals surface area contributed by atoms with Crippen LogP contribution in [0, 0.1) is 0 Å². The highest BCUT2D eigenvalue weighted by molar-refractivity contribution is 7.85. The summed E-state index contributed by atoms with van der Waals surface area (Å²) in [6.07, 6.45) is -0.939. The van der Waals surface area contributed by atoms with Crippen LogP contribution in [-0.4, -0.2) is 61.4 Å². The molecule has 0 saturated carbocycles. The number of hydrogen-bond acceptors (Lipinski definition) is 6. The van der Waals surface area contributed by atoms with E-state index in [2.05, 4.69) is 5.32 Å². The lowest BCUT2D eigenvalue weighted by molar-refractivity contribution is 0.105. The van der Waals surface area contributed by atoms with E-state index in [9.17, 15) is 18.1 Å². The minimum atomic E-state index is -4.32. The number of benzene rings is 1. The minimum absolute atomic E-state index is 0.0778. The third kappa shape index (κ3) is 5.06. The van der Waals surface area contributed by atoms with Crippen molar-refractivity contribution in [2.45, 2.75) is 17.5 Å². The number of nitrogens with one attached hydrogen (secondary N) is 1. The first-order chi connectivity index (χ1) is 9.24. The molecule has 0 bridgehead atoms. The van der Waals surface area contributed by atoms with Crippen LogP contribution in [-0.2, 0) is 16.7 Å². The predicted molar refractivity (Wildman–Crippen MR) is 75.2 cm³/mol. The summed E-state index contributed by atoms with van der Waals surface area (Å²) in [4.78, 5) is 1.61. The van der Waals surface area contributed by atoms with E-state index < -0.39 is 22.8 Å². The molecule has 0 fully saturated rings. The Hall–Kier alpha value is -1.19. The van der Waals surface area contributed by atoms with Crippen LogP contribution in [0.1, 0.15) is 5.56 Å². The lowest BCUT2D eigenvalue weighted by atomic mass is 10.2. The Bertz CT molecular complexity index is 545. The second kappa shape index (κ2) is 7.00. The third-order valence-electron chi connectivity index (χ3n) is 2.58. The van der Waals surface area contributed by atoms with Crippen molar-refractivity contribution in [3.05, 3.63) is 23.8 Å². The molecule has 4 N–H and O–H groups in total. The van der Waals surface area contributed by atoms with Crippen LogP contribution in [0.3, 0.4) is 0 Å². The Morgan fingerprint density at radius 2 is 2.00 bits per heavy atom. The van der Waals surface area contributed by atoms with E-state index in [0.717, 1.165) is 0 Å². The molecule has 1 unspecified atom stereocenters. The maximum atomic E-state index is 11.4. The molecule has 8 heteroatoms. The molecule has 0 radical (unpaired) electrons. The molecule has 0 aliphatic rings. The Morgan fingerprint density at radius 1 is 1.35 bits per heavy atom. The monoisotopic (exact) mass is 304 g/mol. The van der Waals surface area contributed by atoms with Crippen LogP contribution >= 0.6 is 0 Å². The van der Waals surface area contributed by atoms with Gasteiger partial charge in [0.25, 0.3) is 10.1 Å². The van der Waals surface area contributed by atoms with E-state index in [4.69, 9.17) is 5.11 Å². The van der Waals surface area contributed by atoms with Gasteiger partial charge in [-0.05, 0) is 31.8 Å². The predicted octanol–water partition coefficient (Wildman–Crippen LogP) is -0.240. The van der Waals surface area contributed by atoms with E-state index >= 15 is 0 Å². The number of hydrogen-bond donors (Lipinski definition) is 4. The molecule has 0 saturated heterocycles. The van der Waals surface area contributed by atoms with Gasteiger partial charge in [-0.25, -0.2) is 0 Å². The molecule has 1 aromatic carbocycles. The first kappa shape index (κ1) is 16.9. The van der Waals surface area contributed by atoms with Gasteiger partial charge in [0.05, 0.1) is 12.7 Å². The summed E-state index contributed by atoms with van der Waals surface area (Å²) in [6.45, 7) is 0.0555. The van der Waals surface area contributed by atoms with Gasteiger partial charge in [0.2, 0.25) is 0 Å². The van der Waals surface area contributed by atoms with Crippen molar-refractivity contribution in [2.75, 3.05) is 32.6 Å². The highest BCUT2D eigenvalue weighted by Gasteiger charge is 2.17. The number of rotatable bonds is 7. The van der Waals surface area contributed by atoms with Gasteiger partial charge in [0, 0.05) is 18.8 Å². The van der Waals surface area contributed by atoms with E-state index in [1.165, 1.54) is 6.07 Å². The maximum absolute atomic E-state index is 11.4. The summed E-state index contributed by atoms with van der Waals surface area (Å²) < 4.78 is 32.1. The molecule has 0 amide bonds. The molecule has 1 atom stereocenters. The summed E-state index contributed by atoms with van der Waals surface area (Å²) in [5.74, 6) is 0. The molecule has 0 aliphatic heterocycles. The Morgan fingerprint density at radius 3 is 2.50 bits per heavy atom. The molecule has 0 spiro atoms. The zero-order chi connectivity index (χ0) is 15.3. The van der Waals surface area contributed by atoms with Crippen molar-refractivity contribution in [1.82, 2.24) is 4.90 Å². The molecule has 1 rings (SSSR count). The molecular weight excluding hydrogens is 284 g/mol. The molecule has 114 valence electrons. The summed E-state index contributed by atoms with van der Waals surface area (Å²) in [5.41, 5.74) is 0.915. The first-order valence-corrected chi connectivity index (χ1v) is 7.46. The van der Waals surface area contributed by atoms with Crippen LogP contribution < -0.4 is 5.32 Å². The SMILES string of the molecule is CN(C)Cc1ccc(NCC(O)CO)cc1S(=O)(=O)O. The topological polar surface area (TPSA) is 110 Å². The van der Waals surface area contributed by atoms with E-state index in [-0.39, 0.29) is 11.4 Å². The smallest absolute Gasteiger partial charge is 0.294 e. The Labute approximate surface area is 118 Å². The van der Waals surface area contributed by atoms with Crippen molar-refractivity contribution in [2.24, 2.45) is 0 Å². The third-order valence-corrected chi connectivity index (χ3v) is 3.52. The standard InChI is InChI=1S/C12H20N2O5S/c1-14(2)7-9-3-4-10(13-6-11(16)8-15)5-12(9)20(17,18)19/h3-5,11,13,15-16H,6-8H2,1-2H3,(H,17,18,19). The highest BCUT2D eigenvalue weighted by Crippen LogP contribution is 2.21. The second-order valence-corrected chi connectivity index (χ2v) is 6.14. The summed E-state index contributed by atoms with van der Waals surface area (Å²) in [5, 5.41) is 20.7. The van der Waals surface area contributed by atoms with Crippen LogP contribution in [0.5, 0.6) is 0 Å². The molecule has 0 aromatic heterocycles. The van der Waals surface area contributed by atoms with Crippen molar-refractivity contribution >= 4 is 15.8 Å². The van der Waals surface area contributed by atoms with Gasteiger partial charge in [0.1, 0.15) is 4.90 Å². The van der Waals surface area contributed by atoms with E-state index in [1.54, 1.807) is 31.1 Å². The van der Waals surface area contributed by atoms with Gasteiger partial charge in [-0.15, -0.1) is 0 Å². The molecule has 7 nitrogen and oxygen atoms in total. The van der Waals surface area contributed by atoms with Crippen molar-refractivity contribution in [3.63, 3.8) is 0 Å². The number of anilines is 1. The normalized spacial score (nSPS) is 13.5. The van der Waals surface area contributed by atoms with Crippen LogP contribution in [0.25, 0.3) is 0 Å². The van der Waals surface area contributed by atoms with Crippen molar-refractivity contribution < 1.29 is 23.2 Å². The van der Waals surface area contributed by atoms with Crippen LogP contribution in [0.2, 0.25) is 0 Å². The molecule has 1 aromatic rings. The average molecular weight is 304 g/mol. The van der Waals surface area contributed by atoms with Crippen LogP contribution in [0.15, 0.2) is 23.1 Å².